The van der Waals surface area contributed by atoms with Gasteiger partial charge in [0.05, 0.1) is 0 Å². The van der Waals surface area contributed by atoms with Crippen molar-refractivity contribution >= 4 is 29.6 Å². The molecule has 2 nitrogen and oxygen atoms in total. The zero-order valence-corrected chi connectivity index (χ0v) is 4.81. The van der Waals surface area contributed by atoms with Crippen LogP contribution in [0.2, 0.25) is 0 Å². The molecule has 0 saturated heterocycles. The fraction of sp³-hybridized carbons (Fsp3) is 0. The maximum atomic E-state index is 7.80. The molecule has 0 unspecified atom stereocenters. The molecule has 0 aliphatic rings. The minimum atomic E-state index is 0. The van der Waals surface area contributed by atoms with Crippen molar-refractivity contribution in [3.05, 3.63) is 0 Å². The molecule has 0 fully saturated rings. The summed E-state index contributed by atoms with van der Waals surface area (Å²) >= 11 is 0.715. The Morgan fingerprint density at radius 2 is 1.29 bits per heavy atom. The fourth-order valence-electron chi connectivity index (χ4n) is 0.0280. The van der Waals surface area contributed by atoms with Gasteiger partial charge in [-0.2, -0.15) is 0 Å². The van der Waals surface area contributed by atoms with Gasteiger partial charge in [-0.25, -0.2) is 0 Å². The van der Waals surface area contributed by atoms with Gasteiger partial charge < -0.3 is 0 Å². The van der Waals surface area contributed by atoms with Crippen LogP contribution in [0.4, 0.5) is 0 Å². The van der Waals surface area contributed by atoms with Gasteiger partial charge >= 0.3 is 76.3 Å². The summed E-state index contributed by atoms with van der Waals surface area (Å²) in [4.78, 5) is 3.69. The van der Waals surface area contributed by atoms with Crippen LogP contribution >= 0.6 is 0 Å². The summed E-state index contributed by atoms with van der Waals surface area (Å²) in [5, 5.41) is 15.6. The number of nitriles is 2. The van der Waals surface area contributed by atoms with Gasteiger partial charge in [-0.05, 0) is 0 Å². The molecule has 0 bridgehead atoms. The number of hydrogen-bond acceptors (Lipinski definition) is 2. The van der Waals surface area contributed by atoms with Crippen molar-refractivity contribution in [1.82, 2.24) is 0 Å². The summed E-state index contributed by atoms with van der Waals surface area (Å²) in [7, 11) is 0. The summed E-state index contributed by atoms with van der Waals surface area (Å²) in [6.45, 7) is 0. The average Bonchev–Trinajstić information content (AvgIpc) is 1.61. The molecule has 0 aromatic rings. The van der Waals surface area contributed by atoms with Gasteiger partial charge in [-0.3, -0.25) is 0 Å². The molecule has 0 saturated carbocycles. The molecule has 0 aliphatic heterocycles. The number of nitrogens with zero attached hydrogens (tertiary/aromatic N) is 2. The maximum absolute atomic E-state index is 7.80. The van der Waals surface area contributed by atoms with Gasteiger partial charge in [0.2, 0.25) is 0 Å². The molecule has 36 valence electrons. The average molecular weight is 188 g/mol. The summed E-state index contributed by atoms with van der Waals surface area (Å²) in [5.41, 5.74) is 0. The molecule has 0 aromatic heterocycles. The van der Waals surface area contributed by atoms with Crippen LogP contribution in [-0.4, -0.2) is 29.6 Å². The van der Waals surface area contributed by atoms with Crippen molar-refractivity contribution < 1.29 is 26.3 Å². The molecule has 0 rings (SSSR count). The van der Waals surface area contributed by atoms with E-state index in [4.69, 9.17) is 10.5 Å². The third kappa shape index (κ3) is 10.9. The summed E-state index contributed by atoms with van der Waals surface area (Å²) in [5.74, 6) is 0. The molecule has 0 aliphatic carbocycles. The van der Waals surface area contributed by atoms with E-state index in [0.29, 0.717) is 26.3 Å². The Morgan fingerprint density at radius 3 is 1.43 bits per heavy atom. The first-order chi connectivity index (χ1) is 2.91. The predicted molar refractivity (Wildman–Crippen MR) is 18.4 cm³/mol. The second kappa shape index (κ2) is 10.1. The van der Waals surface area contributed by atoms with Crippen LogP contribution in [0.15, 0.2) is 0 Å². The molecule has 0 aromatic carbocycles. The zero-order valence-electron chi connectivity index (χ0n) is 2.60. The van der Waals surface area contributed by atoms with Crippen molar-refractivity contribution in [3.8, 4) is 9.94 Å². The first-order valence-electron chi connectivity index (χ1n) is 0.926. The van der Waals surface area contributed by atoms with Crippen LogP contribution in [0, 0.1) is 20.5 Å². The topological polar surface area (TPSA) is 47.6 Å². The summed E-state index contributed by atoms with van der Waals surface area (Å²) < 4.78 is 0. The number of hydrogen-bond donors (Lipinski definition) is 0. The Balaban J connectivity index is 0. The number of rotatable bonds is 1. The van der Waals surface area contributed by atoms with Crippen molar-refractivity contribution in [2.75, 3.05) is 0 Å². The monoisotopic (exact) mass is 188 g/mol. The van der Waals surface area contributed by atoms with E-state index in [-0.39, 0.29) is 29.6 Å². The third-order valence-corrected chi connectivity index (χ3v) is 1.48. The standard InChI is InChI=1S/2CN.2Fe.Na.H/c2*1-2;;;;. The van der Waals surface area contributed by atoms with E-state index in [0.717, 1.165) is 0 Å². The minimum absolute atomic E-state index is 0. The SMILES string of the molecule is N#[C][Fe][Fe][C]#N.[NaH]. The summed E-state index contributed by atoms with van der Waals surface area (Å²) in [6, 6.07) is 0. The molecule has 0 radical (unpaired) electrons. The quantitative estimate of drug-likeness (QED) is 0.406. The molecule has 5 heteroatoms. The first-order valence-corrected chi connectivity index (χ1v) is 4.03. The van der Waals surface area contributed by atoms with Crippen LogP contribution in [0.1, 0.15) is 0 Å². The Kier molecular flexibility index (Phi) is 15.7. The molecule has 0 spiro atoms. The molecule has 0 amide bonds. The molecular formula is C2HFe2N2Na. The normalized spacial score (nSPS) is 6.00. The predicted octanol–water partition coefficient (Wildman–Crippen LogP) is -0.620. The van der Waals surface area contributed by atoms with E-state index in [2.05, 4.69) is 0 Å². The van der Waals surface area contributed by atoms with Gasteiger partial charge in [0.1, 0.15) is 0 Å². The van der Waals surface area contributed by atoms with Crippen LogP contribution in [-0.2, 0) is 26.3 Å². The Labute approximate surface area is 75.4 Å². The van der Waals surface area contributed by atoms with Crippen molar-refractivity contribution in [2.24, 2.45) is 0 Å². The van der Waals surface area contributed by atoms with Crippen LogP contribution < -0.4 is 0 Å². The van der Waals surface area contributed by atoms with Crippen molar-refractivity contribution in [3.63, 3.8) is 0 Å². The molecule has 0 N–H and O–H groups in total. The molecule has 0 heterocycles. The molecular weight excluding hydrogens is 187 g/mol. The molecule has 0 atom stereocenters. The second-order valence-electron chi connectivity index (χ2n) is 0.283. The summed E-state index contributed by atoms with van der Waals surface area (Å²) in [6.07, 6.45) is 0. The van der Waals surface area contributed by atoms with Gasteiger partial charge in [-0.1, -0.05) is 0 Å². The molecule has 7 heavy (non-hydrogen) atoms. The van der Waals surface area contributed by atoms with Gasteiger partial charge in [0, 0.05) is 0 Å². The van der Waals surface area contributed by atoms with E-state index in [1.165, 1.54) is 0 Å². The van der Waals surface area contributed by atoms with E-state index >= 15 is 0 Å². The van der Waals surface area contributed by atoms with E-state index in [1.807, 2.05) is 9.94 Å². The van der Waals surface area contributed by atoms with Crippen LogP contribution in [0.3, 0.4) is 0 Å². The van der Waals surface area contributed by atoms with Gasteiger partial charge in [-0.15, -0.1) is 0 Å². The first kappa shape index (κ1) is 10.9. The van der Waals surface area contributed by atoms with Gasteiger partial charge in [0.25, 0.3) is 0 Å². The van der Waals surface area contributed by atoms with Crippen LogP contribution in [0.5, 0.6) is 0 Å². The van der Waals surface area contributed by atoms with Gasteiger partial charge in [0.15, 0.2) is 0 Å². The Morgan fingerprint density at radius 1 is 1.00 bits per heavy atom. The van der Waals surface area contributed by atoms with Crippen LogP contribution in [0.25, 0.3) is 0 Å². The fourth-order valence-corrected chi connectivity index (χ4v) is 0.475. The zero-order chi connectivity index (χ0) is 4.83. The van der Waals surface area contributed by atoms with Crippen molar-refractivity contribution in [2.45, 2.75) is 0 Å². The van der Waals surface area contributed by atoms with E-state index in [1.54, 1.807) is 0 Å². The Hall–Kier alpha value is 1.02. The second-order valence-corrected chi connectivity index (χ2v) is 2.78. The third-order valence-electron chi connectivity index (χ3n) is 0.0872. The van der Waals surface area contributed by atoms with E-state index < -0.39 is 0 Å². The van der Waals surface area contributed by atoms with E-state index in [9.17, 15) is 0 Å². The van der Waals surface area contributed by atoms with Crippen molar-refractivity contribution in [1.29, 1.82) is 10.5 Å². The Bertz CT molecular complexity index is 87.2.